The van der Waals surface area contributed by atoms with Crippen LogP contribution in [0.15, 0.2) is 33.7 Å². The highest BCUT2D eigenvalue weighted by Crippen LogP contribution is 2.31. The zero-order valence-corrected chi connectivity index (χ0v) is 12.1. The minimum atomic E-state index is -4.20. The van der Waals surface area contributed by atoms with Crippen molar-refractivity contribution in [2.75, 3.05) is 6.61 Å². The molecule has 0 heterocycles. The number of nitro benzene ring substituents is 1. The van der Waals surface area contributed by atoms with Crippen LogP contribution in [-0.4, -0.2) is 19.9 Å². The van der Waals surface area contributed by atoms with Crippen LogP contribution in [0.3, 0.4) is 0 Å². The lowest BCUT2D eigenvalue weighted by atomic mass is 10.3. The van der Waals surface area contributed by atoms with Gasteiger partial charge in [-0.15, -0.1) is 0 Å². The molecule has 0 fully saturated rings. The summed E-state index contributed by atoms with van der Waals surface area (Å²) in [5.74, 6) is -0.155. The molecule has 0 N–H and O–H groups in total. The van der Waals surface area contributed by atoms with Crippen molar-refractivity contribution in [1.29, 1.82) is 0 Å². The molecule has 0 radical (unpaired) electrons. The molecule has 0 spiro atoms. The predicted molar refractivity (Wildman–Crippen MR) is 71.4 cm³/mol. The van der Waals surface area contributed by atoms with Crippen molar-refractivity contribution in [2.24, 2.45) is 0 Å². The standard InChI is InChI=1S/C9H6Cl3NO5S/c10-4-6(11)5-18-8-2-1-7(13(14)15)3-9(8)19(12,16)17/h1-4H,5H2/b6-4-. The first-order valence-electron chi connectivity index (χ1n) is 4.56. The number of rotatable bonds is 5. The lowest BCUT2D eigenvalue weighted by Gasteiger charge is -2.08. The van der Waals surface area contributed by atoms with Crippen molar-refractivity contribution in [3.8, 4) is 5.75 Å². The van der Waals surface area contributed by atoms with Crippen LogP contribution in [0.25, 0.3) is 0 Å². The van der Waals surface area contributed by atoms with Crippen molar-refractivity contribution in [3.63, 3.8) is 0 Å². The fraction of sp³-hybridized carbons (Fsp3) is 0.111. The predicted octanol–water partition coefficient (Wildman–Crippen LogP) is 3.22. The Morgan fingerprint density at radius 3 is 2.58 bits per heavy atom. The largest absolute Gasteiger partial charge is 0.487 e. The van der Waals surface area contributed by atoms with E-state index in [9.17, 15) is 18.5 Å². The molecule has 0 aliphatic rings. The lowest BCUT2D eigenvalue weighted by molar-refractivity contribution is -0.385. The number of hydrogen-bond donors (Lipinski definition) is 0. The summed E-state index contributed by atoms with van der Waals surface area (Å²) in [7, 11) is 0.989. The zero-order valence-electron chi connectivity index (χ0n) is 9.05. The normalized spacial score (nSPS) is 12.3. The van der Waals surface area contributed by atoms with E-state index in [0.29, 0.717) is 0 Å². The molecule has 1 aromatic carbocycles. The van der Waals surface area contributed by atoms with E-state index in [1.165, 1.54) is 0 Å². The highest BCUT2D eigenvalue weighted by molar-refractivity contribution is 8.13. The highest BCUT2D eigenvalue weighted by Gasteiger charge is 2.21. The van der Waals surface area contributed by atoms with Crippen molar-refractivity contribution >= 4 is 48.6 Å². The molecule has 19 heavy (non-hydrogen) atoms. The summed E-state index contributed by atoms with van der Waals surface area (Å²) >= 11 is 10.9. The smallest absolute Gasteiger partial charge is 0.271 e. The number of nitrogens with zero attached hydrogens (tertiary/aromatic N) is 1. The molecule has 10 heteroatoms. The van der Waals surface area contributed by atoms with Gasteiger partial charge in [-0.05, 0) is 6.07 Å². The summed E-state index contributed by atoms with van der Waals surface area (Å²) in [6, 6.07) is 3.00. The van der Waals surface area contributed by atoms with Gasteiger partial charge in [-0.3, -0.25) is 10.1 Å². The third kappa shape index (κ3) is 4.54. The lowest BCUT2D eigenvalue weighted by Crippen LogP contribution is -2.03. The van der Waals surface area contributed by atoms with Crippen LogP contribution < -0.4 is 4.74 Å². The van der Waals surface area contributed by atoms with Crippen LogP contribution in [0, 0.1) is 10.1 Å². The van der Waals surface area contributed by atoms with Crippen LogP contribution in [0.5, 0.6) is 5.75 Å². The molecule has 0 aliphatic heterocycles. The first-order chi connectivity index (χ1) is 8.75. The maximum Gasteiger partial charge on any atom is 0.271 e. The molecule has 0 saturated heterocycles. The van der Waals surface area contributed by atoms with Gasteiger partial charge in [0.15, 0.2) is 0 Å². The second-order valence-electron chi connectivity index (χ2n) is 3.17. The molecule has 6 nitrogen and oxygen atoms in total. The molecule has 104 valence electrons. The van der Waals surface area contributed by atoms with Crippen molar-refractivity contribution in [2.45, 2.75) is 4.90 Å². The van der Waals surface area contributed by atoms with E-state index in [0.717, 1.165) is 23.7 Å². The summed E-state index contributed by atoms with van der Waals surface area (Å²) in [5.41, 5.74) is 0.618. The summed E-state index contributed by atoms with van der Waals surface area (Å²) in [5, 5.41) is 10.7. The Morgan fingerprint density at radius 2 is 2.11 bits per heavy atom. The molecule has 0 aliphatic carbocycles. The highest BCUT2D eigenvalue weighted by atomic mass is 35.7. The average Bonchev–Trinajstić information content (AvgIpc) is 2.34. The molecule has 0 saturated carbocycles. The van der Waals surface area contributed by atoms with Gasteiger partial charge < -0.3 is 4.74 Å². The molecule has 0 aromatic heterocycles. The molecular weight excluding hydrogens is 341 g/mol. The van der Waals surface area contributed by atoms with E-state index in [1.807, 2.05) is 0 Å². The minimum Gasteiger partial charge on any atom is -0.487 e. The minimum absolute atomic E-state index is 0.123. The van der Waals surface area contributed by atoms with E-state index < -0.39 is 24.6 Å². The van der Waals surface area contributed by atoms with Gasteiger partial charge in [0.1, 0.15) is 17.3 Å². The Bertz CT molecular complexity index is 629. The van der Waals surface area contributed by atoms with E-state index >= 15 is 0 Å². The molecule has 0 amide bonds. The quantitative estimate of drug-likeness (QED) is 0.464. The summed E-state index contributed by atoms with van der Waals surface area (Å²) < 4.78 is 27.7. The Morgan fingerprint density at radius 1 is 1.47 bits per heavy atom. The number of benzene rings is 1. The van der Waals surface area contributed by atoms with Gasteiger partial charge in [0, 0.05) is 28.4 Å². The van der Waals surface area contributed by atoms with Gasteiger partial charge in [0.25, 0.3) is 14.7 Å². The van der Waals surface area contributed by atoms with Crippen LogP contribution in [-0.2, 0) is 9.05 Å². The maximum absolute atomic E-state index is 11.3. The fourth-order valence-electron chi connectivity index (χ4n) is 1.10. The van der Waals surface area contributed by atoms with E-state index in [-0.39, 0.29) is 17.4 Å². The van der Waals surface area contributed by atoms with Gasteiger partial charge in [0.2, 0.25) is 0 Å². The van der Waals surface area contributed by atoms with E-state index in [4.69, 9.17) is 38.6 Å². The van der Waals surface area contributed by atoms with Gasteiger partial charge in [0.05, 0.1) is 9.96 Å². The average molecular weight is 347 g/mol. The van der Waals surface area contributed by atoms with Crippen LogP contribution in [0.2, 0.25) is 0 Å². The first-order valence-corrected chi connectivity index (χ1v) is 7.68. The number of halogens is 3. The first kappa shape index (κ1) is 16.0. The Hall–Kier alpha value is -1.02. The Labute approximate surface area is 123 Å². The van der Waals surface area contributed by atoms with Crippen molar-refractivity contribution in [3.05, 3.63) is 38.9 Å². The molecule has 1 rings (SSSR count). The molecular formula is C9H6Cl3NO5S. The van der Waals surface area contributed by atoms with Crippen LogP contribution >= 0.6 is 33.9 Å². The molecule has 0 unspecified atom stereocenters. The fourth-order valence-corrected chi connectivity index (χ4v) is 2.21. The summed E-state index contributed by atoms with van der Waals surface area (Å²) in [6.45, 7) is -0.192. The van der Waals surface area contributed by atoms with E-state index in [1.54, 1.807) is 0 Å². The zero-order chi connectivity index (χ0) is 14.6. The number of non-ortho nitro benzene ring substituents is 1. The van der Waals surface area contributed by atoms with Crippen LogP contribution in [0.1, 0.15) is 0 Å². The molecule has 0 bridgehead atoms. The van der Waals surface area contributed by atoms with Gasteiger partial charge >= 0.3 is 0 Å². The molecule has 0 atom stereocenters. The Balaban J connectivity index is 3.21. The third-order valence-electron chi connectivity index (χ3n) is 1.88. The summed E-state index contributed by atoms with van der Waals surface area (Å²) in [4.78, 5) is 9.32. The van der Waals surface area contributed by atoms with Crippen LogP contribution in [0.4, 0.5) is 5.69 Å². The number of nitro groups is 1. The van der Waals surface area contributed by atoms with Gasteiger partial charge in [-0.1, -0.05) is 23.2 Å². The van der Waals surface area contributed by atoms with E-state index in [2.05, 4.69) is 0 Å². The summed E-state index contributed by atoms with van der Waals surface area (Å²) in [6.07, 6.45) is 0. The topological polar surface area (TPSA) is 86.5 Å². The van der Waals surface area contributed by atoms with Crippen molar-refractivity contribution in [1.82, 2.24) is 0 Å². The number of hydrogen-bond acceptors (Lipinski definition) is 5. The van der Waals surface area contributed by atoms with Crippen molar-refractivity contribution < 1.29 is 18.1 Å². The maximum atomic E-state index is 11.3. The third-order valence-corrected chi connectivity index (χ3v) is 3.82. The second kappa shape index (κ2) is 6.42. The Kier molecular flexibility index (Phi) is 5.42. The number of ether oxygens (including phenoxy) is 1. The SMILES string of the molecule is O=[N+]([O-])c1ccc(OC/C(Cl)=C/Cl)c(S(=O)(=O)Cl)c1. The van der Waals surface area contributed by atoms with Gasteiger partial charge in [-0.2, -0.15) is 0 Å². The monoisotopic (exact) mass is 345 g/mol. The molecule has 1 aromatic rings. The van der Waals surface area contributed by atoms with Gasteiger partial charge in [-0.25, -0.2) is 8.42 Å². The second-order valence-corrected chi connectivity index (χ2v) is 6.41.